The summed E-state index contributed by atoms with van der Waals surface area (Å²) in [7, 11) is 1.32. The molecule has 2 unspecified atom stereocenters. The Morgan fingerprint density at radius 3 is 2.63 bits per heavy atom. The van der Waals surface area contributed by atoms with Gasteiger partial charge in [0.2, 0.25) is 0 Å². The lowest BCUT2D eigenvalue weighted by molar-refractivity contribution is -0.124. The van der Waals surface area contributed by atoms with E-state index >= 15 is 0 Å². The summed E-state index contributed by atoms with van der Waals surface area (Å²) >= 11 is 7.35. The molecule has 35 heavy (non-hydrogen) atoms. The Hall–Kier alpha value is -3.23. The first-order chi connectivity index (χ1) is 16.9. The van der Waals surface area contributed by atoms with Crippen molar-refractivity contribution in [1.29, 1.82) is 0 Å². The van der Waals surface area contributed by atoms with Crippen LogP contribution in [0.3, 0.4) is 0 Å². The molecule has 7 nitrogen and oxygen atoms in total. The SMILES string of the molecule is CCC(OC(=O)c1cccnc1Cl)C(=O)Nc1sc2c(c1C(=O)OC)CCC(c1ccccc1)C2. The van der Waals surface area contributed by atoms with Crippen LogP contribution in [0.25, 0.3) is 0 Å². The summed E-state index contributed by atoms with van der Waals surface area (Å²) in [5, 5.41) is 3.22. The smallest absolute Gasteiger partial charge is 0.342 e. The summed E-state index contributed by atoms with van der Waals surface area (Å²) in [5.74, 6) is -1.42. The van der Waals surface area contributed by atoms with Gasteiger partial charge in [-0.3, -0.25) is 4.79 Å². The molecule has 4 rings (SSSR count). The van der Waals surface area contributed by atoms with Crippen molar-refractivity contribution in [3.63, 3.8) is 0 Å². The van der Waals surface area contributed by atoms with E-state index in [1.54, 1.807) is 13.0 Å². The second-order valence-electron chi connectivity index (χ2n) is 8.18. The number of amides is 1. The van der Waals surface area contributed by atoms with Crippen molar-refractivity contribution in [2.75, 3.05) is 12.4 Å². The number of carbonyl (C=O) groups is 3. The third-order valence-corrected chi connectivity index (χ3v) is 7.53. The molecule has 0 saturated carbocycles. The van der Waals surface area contributed by atoms with E-state index in [9.17, 15) is 14.4 Å². The standard InChI is InChI=1S/C26H25ClN2O5S/c1-3-19(34-25(31)18-10-7-13-28-22(18)27)23(30)29-24-21(26(32)33-2)17-12-11-16(14-20(17)35-24)15-8-5-4-6-9-15/h4-10,13,16,19H,3,11-12,14H2,1-2H3,(H,29,30). The minimum absolute atomic E-state index is 0.000332. The van der Waals surface area contributed by atoms with Gasteiger partial charge < -0.3 is 14.8 Å². The predicted molar refractivity (Wildman–Crippen MR) is 134 cm³/mol. The Labute approximate surface area is 212 Å². The van der Waals surface area contributed by atoms with Crippen LogP contribution in [0.1, 0.15) is 62.4 Å². The molecule has 9 heteroatoms. The van der Waals surface area contributed by atoms with E-state index in [-0.39, 0.29) is 17.1 Å². The molecule has 2 aromatic heterocycles. The number of anilines is 1. The van der Waals surface area contributed by atoms with Crippen LogP contribution in [0.2, 0.25) is 5.15 Å². The van der Waals surface area contributed by atoms with Crippen LogP contribution in [0, 0.1) is 0 Å². The lowest BCUT2D eigenvalue weighted by Gasteiger charge is -2.22. The molecule has 1 aliphatic rings. The summed E-state index contributed by atoms with van der Waals surface area (Å²) in [6, 6.07) is 13.3. The largest absolute Gasteiger partial charge is 0.465 e. The van der Waals surface area contributed by atoms with E-state index in [1.165, 1.54) is 36.3 Å². The molecule has 0 saturated heterocycles. The third kappa shape index (κ3) is 5.39. The number of nitrogens with zero attached hydrogens (tertiary/aromatic N) is 1. The molecule has 2 heterocycles. The quantitative estimate of drug-likeness (QED) is 0.335. The maximum Gasteiger partial charge on any atom is 0.342 e. The summed E-state index contributed by atoms with van der Waals surface area (Å²) in [6.07, 6.45) is 3.00. The van der Waals surface area contributed by atoms with Gasteiger partial charge in [0.1, 0.15) is 10.2 Å². The van der Waals surface area contributed by atoms with E-state index in [0.717, 1.165) is 23.3 Å². The Kier molecular flexibility index (Phi) is 7.83. The number of carbonyl (C=O) groups excluding carboxylic acids is 3. The predicted octanol–water partition coefficient (Wildman–Crippen LogP) is 5.43. The number of ether oxygens (including phenoxy) is 2. The zero-order valence-electron chi connectivity index (χ0n) is 19.4. The Morgan fingerprint density at radius 1 is 1.17 bits per heavy atom. The van der Waals surface area contributed by atoms with Gasteiger partial charge in [0.15, 0.2) is 6.10 Å². The molecule has 0 spiro atoms. The number of fused-ring (bicyclic) bond motifs is 1. The highest BCUT2D eigenvalue weighted by molar-refractivity contribution is 7.17. The maximum atomic E-state index is 13.1. The number of hydrogen-bond acceptors (Lipinski definition) is 7. The summed E-state index contributed by atoms with van der Waals surface area (Å²) in [4.78, 5) is 43.2. The molecule has 0 aliphatic heterocycles. The second kappa shape index (κ2) is 11.0. The van der Waals surface area contributed by atoms with Crippen LogP contribution < -0.4 is 5.32 Å². The van der Waals surface area contributed by atoms with Gasteiger partial charge >= 0.3 is 11.9 Å². The number of rotatable bonds is 7. The molecule has 1 amide bonds. The van der Waals surface area contributed by atoms with Crippen molar-refractivity contribution in [3.05, 3.63) is 80.9 Å². The number of thiophene rings is 1. The minimum atomic E-state index is -1.07. The highest BCUT2D eigenvalue weighted by Crippen LogP contribution is 2.42. The van der Waals surface area contributed by atoms with Crippen molar-refractivity contribution in [2.45, 2.75) is 44.6 Å². The highest BCUT2D eigenvalue weighted by Gasteiger charge is 2.32. The zero-order valence-corrected chi connectivity index (χ0v) is 20.9. The number of halogens is 1. The lowest BCUT2D eigenvalue weighted by Crippen LogP contribution is -2.32. The Bertz CT molecular complexity index is 1240. The Morgan fingerprint density at radius 2 is 1.94 bits per heavy atom. The Balaban J connectivity index is 1.55. The first-order valence-electron chi connectivity index (χ1n) is 11.3. The van der Waals surface area contributed by atoms with Crippen molar-refractivity contribution in [3.8, 4) is 0 Å². The number of nitrogens with one attached hydrogen (secondary N) is 1. The molecular weight excluding hydrogens is 488 g/mol. The van der Waals surface area contributed by atoms with Crippen LogP contribution in [0.5, 0.6) is 0 Å². The second-order valence-corrected chi connectivity index (χ2v) is 9.65. The van der Waals surface area contributed by atoms with E-state index in [1.807, 2.05) is 18.2 Å². The monoisotopic (exact) mass is 512 g/mol. The molecular formula is C26H25ClN2O5S. The molecule has 1 aromatic carbocycles. The summed E-state index contributed by atoms with van der Waals surface area (Å²) in [5.41, 5.74) is 2.62. The molecule has 0 bridgehead atoms. The summed E-state index contributed by atoms with van der Waals surface area (Å²) < 4.78 is 10.4. The van der Waals surface area contributed by atoms with Crippen molar-refractivity contribution in [1.82, 2.24) is 4.98 Å². The van der Waals surface area contributed by atoms with E-state index < -0.39 is 23.9 Å². The fraction of sp³-hybridized carbons (Fsp3) is 0.308. The number of esters is 2. The minimum Gasteiger partial charge on any atom is -0.465 e. The molecule has 1 N–H and O–H groups in total. The van der Waals surface area contributed by atoms with Gasteiger partial charge in [-0.25, -0.2) is 14.6 Å². The number of aromatic nitrogens is 1. The highest BCUT2D eigenvalue weighted by atomic mass is 35.5. The number of pyridine rings is 1. The fourth-order valence-corrected chi connectivity index (χ4v) is 5.76. The average Bonchev–Trinajstić information content (AvgIpc) is 3.24. The molecule has 1 aliphatic carbocycles. The van der Waals surface area contributed by atoms with E-state index in [4.69, 9.17) is 21.1 Å². The topological polar surface area (TPSA) is 94.6 Å². The van der Waals surface area contributed by atoms with Crippen molar-refractivity contribution in [2.24, 2.45) is 0 Å². The molecule has 2 atom stereocenters. The van der Waals surface area contributed by atoms with E-state index in [0.29, 0.717) is 22.9 Å². The van der Waals surface area contributed by atoms with Gasteiger partial charge in [-0.05, 0) is 54.9 Å². The normalized spacial score (nSPS) is 15.6. The fourth-order valence-electron chi connectivity index (χ4n) is 4.25. The van der Waals surface area contributed by atoms with Gasteiger partial charge in [0.05, 0.1) is 18.2 Å². The van der Waals surface area contributed by atoms with Crippen LogP contribution in [-0.4, -0.2) is 36.0 Å². The van der Waals surface area contributed by atoms with Crippen molar-refractivity contribution >= 4 is 45.8 Å². The van der Waals surface area contributed by atoms with Gasteiger partial charge in [0, 0.05) is 11.1 Å². The zero-order chi connectivity index (χ0) is 24.9. The first-order valence-corrected chi connectivity index (χ1v) is 12.5. The van der Waals surface area contributed by atoms with Crippen LogP contribution in [0.15, 0.2) is 48.7 Å². The van der Waals surface area contributed by atoms with Gasteiger partial charge in [0.25, 0.3) is 5.91 Å². The average molecular weight is 513 g/mol. The van der Waals surface area contributed by atoms with Gasteiger partial charge in [-0.15, -0.1) is 11.3 Å². The van der Waals surface area contributed by atoms with Crippen LogP contribution >= 0.6 is 22.9 Å². The number of hydrogen-bond donors (Lipinski definition) is 1. The first kappa shape index (κ1) is 24.9. The molecule has 0 fully saturated rings. The van der Waals surface area contributed by atoms with E-state index in [2.05, 4.69) is 22.4 Å². The van der Waals surface area contributed by atoms with Crippen LogP contribution in [0.4, 0.5) is 5.00 Å². The molecule has 182 valence electrons. The molecule has 0 radical (unpaired) electrons. The third-order valence-electron chi connectivity index (χ3n) is 6.05. The summed E-state index contributed by atoms with van der Waals surface area (Å²) in [6.45, 7) is 1.73. The molecule has 3 aromatic rings. The lowest BCUT2D eigenvalue weighted by atomic mass is 9.83. The van der Waals surface area contributed by atoms with Gasteiger partial charge in [-0.2, -0.15) is 0 Å². The van der Waals surface area contributed by atoms with Crippen LogP contribution in [-0.2, 0) is 27.1 Å². The van der Waals surface area contributed by atoms with Gasteiger partial charge in [-0.1, -0.05) is 48.9 Å². The van der Waals surface area contributed by atoms with Crippen molar-refractivity contribution < 1.29 is 23.9 Å². The number of benzene rings is 1. The maximum absolute atomic E-state index is 13.1. The number of methoxy groups -OCH3 is 1.